The monoisotopic (exact) mass is 230 g/mol. The number of hydrogen-bond acceptors (Lipinski definition) is 2. The molecule has 2 aromatic rings. The van der Waals surface area contributed by atoms with Gasteiger partial charge in [0.2, 0.25) is 0 Å². The van der Waals surface area contributed by atoms with Crippen LogP contribution in [0.25, 0.3) is 10.9 Å². The van der Waals surface area contributed by atoms with Gasteiger partial charge in [-0.1, -0.05) is 6.07 Å². The van der Waals surface area contributed by atoms with E-state index in [2.05, 4.69) is 10.3 Å². The fourth-order valence-electron chi connectivity index (χ4n) is 2.26. The maximum absolute atomic E-state index is 11.9. The summed E-state index contributed by atoms with van der Waals surface area (Å²) in [4.78, 5) is 26.0. The molecule has 2 heterocycles. The molecule has 5 nitrogen and oxygen atoms in total. The van der Waals surface area contributed by atoms with Crippen LogP contribution in [0.4, 0.5) is 0 Å². The Bertz CT molecular complexity index is 630. The van der Waals surface area contributed by atoms with Gasteiger partial charge in [0, 0.05) is 29.1 Å². The Morgan fingerprint density at radius 2 is 2.24 bits per heavy atom. The van der Waals surface area contributed by atoms with Crippen molar-refractivity contribution >= 4 is 22.8 Å². The number of hydrogen-bond donors (Lipinski definition) is 3. The van der Waals surface area contributed by atoms with Gasteiger partial charge in [-0.25, -0.2) is 4.79 Å². The number of aromatic amines is 1. The number of carbonyl (C=O) groups excluding carboxylic acids is 1. The van der Waals surface area contributed by atoms with Crippen molar-refractivity contribution in [3.05, 3.63) is 35.5 Å². The van der Waals surface area contributed by atoms with Crippen LogP contribution in [-0.2, 0) is 11.2 Å². The summed E-state index contributed by atoms with van der Waals surface area (Å²) in [6.07, 6.45) is 2.07. The number of benzene rings is 1. The molecule has 0 fully saturated rings. The average Bonchev–Trinajstić information content (AvgIpc) is 2.64. The SMILES string of the molecule is O=C1NC(C(=O)O)Cc2c[nH]c3cccc1c23. The Balaban J connectivity index is 2.24. The van der Waals surface area contributed by atoms with E-state index in [1.807, 2.05) is 6.07 Å². The zero-order valence-corrected chi connectivity index (χ0v) is 8.86. The fraction of sp³-hybridized carbons (Fsp3) is 0.167. The number of amides is 1. The largest absolute Gasteiger partial charge is 0.480 e. The molecule has 1 aliphatic heterocycles. The maximum atomic E-state index is 11.9. The van der Waals surface area contributed by atoms with Crippen molar-refractivity contribution in [3.8, 4) is 0 Å². The molecular weight excluding hydrogens is 220 g/mol. The molecule has 0 aliphatic carbocycles. The molecule has 1 aromatic heterocycles. The highest BCUT2D eigenvalue weighted by molar-refractivity contribution is 6.09. The van der Waals surface area contributed by atoms with Crippen LogP contribution < -0.4 is 5.32 Å². The maximum Gasteiger partial charge on any atom is 0.326 e. The third-order valence-electron chi connectivity index (χ3n) is 3.06. The summed E-state index contributed by atoms with van der Waals surface area (Å²) in [6.45, 7) is 0. The minimum Gasteiger partial charge on any atom is -0.480 e. The van der Waals surface area contributed by atoms with E-state index in [4.69, 9.17) is 5.11 Å². The van der Waals surface area contributed by atoms with Crippen LogP contribution in [0.2, 0.25) is 0 Å². The predicted molar refractivity (Wildman–Crippen MR) is 60.9 cm³/mol. The molecule has 3 N–H and O–H groups in total. The Morgan fingerprint density at radius 3 is 3.00 bits per heavy atom. The number of carboxylic acid groups (broad SMARTS) is 1. The second-order valence-electron chi connectivity index (χ2n) is 4.11. The molecule has 0 saturated heterocycles. The second-order valence-corrected chi connectivity index (χ2v) is 4.11. The van der Waals surface area contributed by atoms with Gasteiger partial charge in [-0.2, -0.15) is 0 Å². The van der Waals surface area contributed by atoms with E-state index in [1.165, 1.54) is 0 Å². The van der Waals surface area contributed by atoms with Gasteiger partial charge in [0.1, 0.15) is 6.04 Å². The van der Waals surface area contributed by atoms with Gasteiger partial charge in [-0.05, 0) is 17.7 Å². The molecule has 86 valence electrons. The molecule has 0 saturated carbocycles. The third kappa shape index (κ3) is 1.39. The van der Waals surface area contributed by atoms with Gasteiger partial charge in [0.25, 0.3) is 5.91 Å². The summed E-state index contributed by atoms with van der Waals surface area (Å²) in [5.41, 5.74) is 2.25. The van der Waals surface area contributed by atoms with Crippen LogP contribution in [0, 0.1) is 0 Å². The lowest BCUT2D eigenvalue weighted by Gasteiger charge is -2.10. The molecule has 1 aromatic carbocycles. The van der Waals surface area contributed by atoms with Crippen LogP contribution in [0.15, 0.2) is 24.4 Å². The van der Waals surface area contributed by atoms with Gasteiger partial charge < -0.3 is 15.4 Å². The summed E-state index contributed by atoms with van der Waals surface area (Å²) in [6, 6.07) is 4.49. The van der Waals surface area contributed by atoms with Crippen molar-refractivity contribution in [2.75, 3.05) is 0 Å². The van der Waals surface area contributed by atoms with E-state index >= 15 is 0 Å². The Labute approximate surface area is 96.4 Å². The van der Waals surface area contributed by atoms with Gasteiger partial charge in [-0.15, -0.1) is 0 Å². The Hall–Kier alpha value is -2.30. The molecule has 5 heteroatoms. The van der Waals surface area contributed by atoms with Crippen LogP contribution in [0.1, 0.15) is 15.9 Å². The molecule has 1 amide bonds. The molecular formula is C12H10N2O3. The third-order valence-corrected chi connectivity index (χ3v) is 3.06. The molecule has 1 aliphatic rings. The van der Waals surface area contributed by atoms with Crippen molar-refractivity contribution in [1.29, 1.82) is 0 Å². The molecule has 1 atom stereocenters. The van der Waals surface area contributed by atoms with E-state index < -0.39 is 12.0 Å². The standard InChI is InChI=1S/C12H10N2O3/c15-11-7-2-1-3-8-10(7)6(5-13-8)4-9(14-11)12(16)17/h1-3,5,9,13H,4H2,(H,14,15)(H,16,17). The molecule has 1 unspecified atom stereocenters. The van der Waals surface area contributed by atoms with E-state index in [9.17, 15) is 9.59 Å². The van der Waals surface area contributed by atoms with Crippen molar-refractivity contribution in [3.63, 3.8) is 0 Å². The van der Waals surface area contributed by atoms with Crippen LogP contribution in [0.5, 0.6) is 0 Å². The lowest BCUT2D eigenvalue weighted by Crippen LogP contribution is -2.41. The van der Waals surface area contributed by atoms with Crippen molar-refractivity contribution in [2.24, 2.45) is 0 Å². The number of carbonyl (C=O) groups is 2. The highest BCUT2D eigenvalue weighted by atomic mass is 16.4. The normalized spacial score (nSPS) is 18.8. The molecule has 17 heavy (non-hydrogen) atoms. The number of rotatable bonds is 1. The van der Waals surface area contributed by atoms with Crippen LogP contribution >= 0.6 is 0 Å². The average molecular weight is 230 g/mol. The topological polar surface area (TPSA) is 82.2 Å². The van der Waals surface area contributed by atoms with E-state index in [0.29, 0.717) is 12.0 Å². The highest BCUT2D eigenvalue weighted by Crippen LogP contribution is 2.26. The van der Waals surface area contributed by atoms with Crippen molar-refractivity contribution < 1.29 is 14.7 Å². The smallest absolute Gasteiger partial charge is 0.326 e. The number of aliphatic carboxylic acids is 1. The number of nitrogens with one attached hydrogen (secondary N) is 2. The Kier molecular flexibility index (Phi) is 1.95. The van der Waals surface area contributed by atoms with Crippen molar-refractivity contribution in [2.45, 2.75) is 12.5 Å². The molecule has 3 rings (SSSR count). The lowest BCUT2D eigenvalue weighted by molar-refractivity contribution is -0.139. The lowest BCUT2D eigenvalue weighted by atomic mass is 10.0. The summed E-state index contributed by atoms with van der Waals surface area (Å²) >= 11 is 0. The zero-order valence-electron chi connectivity index (χ0n) is 8.86. The van der Waals surface area contributed by atoms with Crippen LogP contribution in [-0.4, -0.2) is 28.0 Å². The first kappa shape index (κ1) is 9.89. The fourth-order valence-corrected chi connectivity index (χ4v) is 2.26. The molecule has 0 bridgehead atoms. The zero-order chi connectivity index (χ0) is 12.0. The van der Waals surface area contributed by atoms with Crippen molar-refractivity contribution in [1.82, 2.24) is 10.3 Å². The quantitative estimate of drug-likeness (QED) is 0.681. The number of aromatic nitrogens is 1. The van der Waals surface area contributed by atoms with Gasteiger partial charge in [-0.3, -0.25) is 4.79 Å². The first-order chi connectivity index (χ1) is 8.16. The molecule has 0 radical (unpaired) electrons. The summed E-state index contributed by atoms with van der Waals surface area (Å²) < 4.78 is 0. The first-order valence-electron chi connectivity index (χ1n) is 5.29. The summed E-state index contributed by atoms with van der Waals surface area (Å²) in [7, 11) is 0. The van der Waals surface area contributed by atoms with E-state index in [0.717, 1.165) is 16.5 Å². The van der Waals surface area contributed by atoms with Gasteiger partial charge >= 0.3 is 5.97 Å². The number of H-pyrrole nitrogens is 1. The van der Waals surface area contributed by atoms with Crippen LogP contribution in [0.3, 0.4) is 0 Å². The molecule has 0 spiro atoms. The minimum atomic E-state index is -1.01. The predicted octanol–water partition coefficient (Wildman–Crippen LogP) is 0.907. The Morgan fingerprint density at radius 1 is 1.41 bits per heavy atom. The van der Waals surface area contributed by atoms with E-state index in [-0.39, 0.29) is 5.91 Å². The summed E-state index contributed by atoms with van der Waals surface area (Å²) in [5.74, 6) is -1.35. The number of carboxylic acids is 1. The summed E-state index contributed by atoms with van der Waals surface area (Å²) in [5, 5.41) is 12.4. The second kappa shape index (κ2) is 3.35. The van der Waals surface area contributed by atoms with Gasteiger partial charge in [0.15, 0.2) is 0 Å². The minimum absolute atomic E-state index is 0.304. The van der Waals surface area contributed by atoms with Gasteiger partial charge in [0.05, 0.1) is 0 Å². The van der Waals surface area contributed by atoms with E-state index in [1.54, 1.807) is 18.3 Å². The highest BCUT2D eigenvalue weighted by Gasteiger charge is 2.27. The first-order valence-corrected chi connectivity index (χ1v) is 5.29.